The van der Waals surface area contributed by atoms with E-state index in [0.29, 0.717) is 17.5 Å². The Labute approximate surface area is 152 Å². The minimum Gasteiger partial charge on any atom is -0.512 e. The van der Waals surface area contributed by atoms with Crippen molar-refractivity contribution in [3.63, 3.8) is 0 Å². The van der Waals surface area contributed by atoms with Crippen LogP contribution in [0.1, 0.15) is 32.1 Å². The highest BCUT2D eigenvalue weighted by atomic mass is 35.5. The lowest BCUT2D eigenvalue weighted by molar-refractivity contribution is -0.112. The molecule has 4 atom stereocenters. The molecule has 3 rings (SSSR count). The van der Waals surface area contributed by atoms with Crippen LogP contribution in [0.5, 0.6) is 0 Å². The number of aliphatic hydroxyl groups is 1. The number of nitrogens with one attached hydrogen (secondary N) is 1. The maximum absolute atomic E-state index is 11.4. The van der Waals surface area contributed by atoms with E-state index in [9.17, 15) is 9.90 Å². The number of hydrogen-bond donors (Lipinski definition) is 3. The van der Waals surface area contributed by atoms with E-state index in [-0.39, 0.29) is 24.1 Å². The van der Waals surface area contributed by atoms with Crippen LogP contribution in [0.15, 0.2) is 22.4 Å². The van der Waals surface area contributed by atoms with Crippen LogP contribution in [0.3, 0.4) is 0 Å². The largest absolute Gasteiger partial charge is 0.512 e. The molecule has 3 aliphatic rings. The van der Waals surface area contributed by atoms with Crippen molar-refractivity contribution in [3.05, 3.63) is 22.4 Å². The highest BCUT2D eigenvalue weighted by molar-refractivity contribution is 6.39. The summed E-state index contributed by atoms with van der Waals surface area (Å²) in [6.07, 6.45) is 7.00. The third-order valence-electron chi connectivity index (χ3n) is 5.45. The van der Waals surface area contributed by atoms with Gasteiger partial charge in [-0.2, -0.15) is 0 Å². The fourth-order valence-corrected chi connectivity index (χ4v) is 4.47. The molecule has 1 aliphatic carbocycles. The van der Waals surface area contributed by atoms with E-state index in [2.05, 4.69) is 10.2 Å². The second kappa shape index (κ2) is 7.34. The molecule has 0 amide bonds. The number of piperidine rings is 1. The van der Waals surface area contributed by atoms with Crippen LogP contribution >= 0.6 is 23.2 Å². The number of aliphatic hydroxyl groups excluding tert-OH is 1. The van der Waals surface area contributed by atoms with Crippen molar-refractivity contribution in [3.8, 4) is 0 Å². The van der Waals surface area contributed by atoms with Gasteiger partial charge in [0, 0.05) is 37.5 Å². The molecule has 1 unspecified atom stereocenters. The zero-order chi connectivity index (χ0) is 17.3. The third kappa shape index (κ3) is 3.65. The van der Waals surface area contributed by atoms with Crippen molar-refractivity contribution in [2.24, 2.45) is 11.7 Å². The first-order valence-corrected chi connectivity index (χ1v) is 9.36. The van der Waals surface area contributed by atoms with E-state index in [1.807, 2.05) is 0 Å². The predicted octanol–water partition coefficient (Wildman–Crippen LogP) is 2.25. The first-order chi connectivity index (χ1) is 11.4. The Balaban J connectivity index is 1.76. The minimum atomic E-state index is -1.21. The number of allylic oxidation sites excluding steroid dienone is 1. The molecule has 2 fully saturated rings. The number of aldehydes is 1. The zero-order valence-electron chi connectivity index (χ0n) is 13.7. The van der Waals surface area contributed by atoms with Gasteiger partial charge in [0.1, 0.15) is 11.3 Å². The standard InChI is InChI=1S/C17H25Cl2N3O2/c18-16-6-11(15(24)7-17(16,19)20)5-13-3-1-2-4-22(13)14-9-21-8-12(14)10-23/h6,10,12-14,21,24H,1-5,7-9,20H2/t12-,13+,14?,17-/m1/s1. The Hall–Kier alpha value is -0.590. The van der Waals surface area contributed by atoms with Crippen LogP contribution in [0, 0.1) is 5.92 Å². The number of rotatable bonds is 4. The Morgan fingerprint density at radius 3 is 3.00 bits per heavy atom. The van der Waals surface area contributed by atoms with Crippen LogP contribution in [-0.4, -0.2) is 53.0 Å². The summed E-state index contributed by atoms with van der Waals surface area (Å²) in [5, 5.41) is 14.0. The Kier molecular flexibility index (Phi) is 5.57. The number of carbonyl (C=O) groups is 1. The molecule has 7 heteroatoms. The molecule has 134 valence electrons. The summed E-state index contributed by atoms with van der Waals surface area (Å²) in [7, 11) is 0. The molecule has 2 aliphatic heterocycles. The second-order valence-electron chi connectivity index (χ2n) is 7.12. The first kappa shape index (κ1) is 18.2. The number of nitrogens with zero attached hydrogens (tertiary/aromatic N) is 1. The van der Waals surface area contributed by atoms with Crippen molar-refractivity contribution >= 4 is 29.5 Å². The van der Waals surface area contributed by atoms with Crippen molar-refractivity contribution in [2.45, 2.75) is 49.2 Å². The van der Waals surface area contributed by atoms with Gasteiger partial charge in [-0.1, -0.05) is 29.6 Å². The number of halogens is 2. The molecule has 0 radical (unpaired) electrons. The maximum atomic E-state index is 11.4. The van der Waals surface area contributed by atoms with Crippen LogP contribution in [0.25, 0.3) is 0 Å². The highest BCUT2D eigenvalue weighted by Crippen LogP contribution is 2.38. The van der Waals surface area contributed by atoms with E-state index < -0.39 is 5.00 Å². The smallest absolute Gasteiger partial charge is 0.134 e. The lowest BCUT2D eigenvalue weighted by Crippen LogP contribution is -2.50. The monoisotopic (exact) mass is 373 g/mol. The van der Waals surface area contributed by atoms with E-state index in [4.69, 9.17) is 28.9 Å². The molecule has 2 saturated heterocycles. The maximum Gasteiger partial charge on any atom is 0.134 e. The summed E-state index contributed by atoms with van der Waals surface area (Å²) in [5.41, 5.74) is 6.70. The van der Waals surface area contributed by atoms with Gasteiger partial charge >= 0.3 is 0 Å². The van der Waals surface area contributed by atoms with Crippen molar-refractivity contribution in [2.75, 3.05) is 19.6 Å². The third-order valence-corrected chi connectivity index (χ3v) is 6.33. The molecule has 0 saturated carbocycles. The second-order valence-corrected chi connectivity index (χ2v) is 8.20. The normalized spacial score (nSPS) is 38.3. The van der Waals surface area contributed by atoms with Crippen molar-refractivity contribution in [1.82, 2.24) is 10.2 Å². The van der Waals surface area contributed by atoms with E-state index in [1.165, 1.54) is 0 Å². The predicted molar refractivity (Wildman–Crippen MR) is 96.2 cm³/mol. The van der Waals surface area contributed by atoms with Gasteiger partial charge in [0.15, 0.2) is 0 Å². The number of alkyl halides is 1. The molecule has 0 aromatic rings. The van der Waals surface area contributed by atoms with Crippen molar-refractivity contribution < 1.29 is 9.90 Å². The zero-order valence-corrected chi connectivity index (χ0v) is 15.2. The lowest BCUT2D eigenvalue weighted by atomic mass is 9.89. The summed E-state index contributed by atoms with van der Waals surface area (Å²) in [6.45, 7) is 2.58. The van der Waals surface area contributed by atoms with Crippen LogP contribution in [-0.2, 0) is 4.79 Å². The summed E-state index contributed by atoms with van der Waals surface area (Å²) >= 11 is 12.3. The molecule has 0 aromatic carbocycles. The molecule has 5 nitrogen and oxygen atoms in total. The fourth-order valence-electron chi connectivity index (χ4n) is 4.09. The molecular weight excluding hydrogens is 349 g/mol. The average Bonchev–Trinajstić information content (AvgIpc) is 3.01. The summed E-state index contributed by atoms with van der Waals surface area (Å²) in [4.78, 5) is 12.6. The topological polar surface area (TPSA) is 78.6 Å². The number of nitrogens with two attached hydrogens (primary N) is 1. The van der Waals surface area contributed by atoms with Crippen LogP contribution in [0.2, 0.25) is 0 Å². The summed E-state index contributed by atoms with van der Waals surface area (Å²) in [6, 6.07) is 0.532. The first-order valence-electron chi connectivity index (χ1n) is 8.60. The minimum absolute atomic E-state index is 0.0400. The highest BCUT2D eigenvalue weighted by Gasteiger charge is 2.38. The molecular formula is C17H25Cl2N3O2. The fraction of sp³-hybridized carbons (Fsp3) is 0.706. The number of likely N-dealkylation sites (tertiary alicyclic amines) is 1. The van der Waals surface area contributed by atoms with Gasteiger partial charge < -0.3 is 21.0 Å². The Morgan fingerprint density at radius 2 is 2.25 bits per heavy atom. The van der Waals surface area contributed by atoms with Gasteiger partial charge in [0.05, 0.1) is 10.8 Å². The van der Waals surface area contributed by atoms with Gasteiger partial charge in [-0.05, 0) is 37.5 Å². The number of carbonyl (C=O) groups excluding carboxylic acids is 1. The van der Waals surface area contributed by atoms with Gasteiger partial charge in [-0.15, -0.1) is 0 Å². The number of hydrogen-bond acceptors (Lipinski definition) is 5. The SMILES string of the molecule is N[C@]1(Cl)CC(O)=C(C[C@@H]2CCCCN2C2CNC[C@@H]2C=O)C=C1Cl. The van der Waals surface area contributed by atoms with Crippen LogP contribution < -0.4 is 11.1 Å². The molecule has 0 aromatic heterocycles. The Morgan fingerprint density at radius 1 is 1.46 bits per heavy atom. The average molecular weight is 374 g/mol. The van der Waals surface area contributed by atoms with Crippen molar-refractivity contribution in [1.29, 1.82) is 0 Å². The van der Waals surface area contributed by atoms with E-state index in [0.717, 1.165) is 50.8 Å². The van der Waals surface area contributed by atoms with E-state index in [1.54, 1.807) is 6.08 Å². The molecule has 0 spiro atoms. The quantitative estimate of drug-likeness (QED) is 0.400. The van der Waals surface area contributed by atoms with Gasteiger partial charge in [-0.3, -0.25) is 4.90 Å². The molecule has 4 N–H and O–H groups in total. The molecule has 0 bridgehead atoms. The van der Waals surface area contributed by atoms with E-state index >= 15 is 0 Å². The molecule has 24 heavy (non-hydrogen) atoms. The summed E-state index contributed by atoms with van der Waals surface area (Å²) < 4.78 is 0. The summed E-state index contributed by atoms with van der Waals surface area (Å²) in [5.74, 6) is 0.261. The molecule has 2 heterocycles. The Bertz CT molecular complexity index is 562. The van der Waals surface area contributed by atoms with Gasteiger partial charge in [-0.25, -0.2) is 0 Å². The van der Waals surface area contributed by atoms with Gasteiger partial charge in [0.25, 0.3) is 0 Å². The lowest BCUT2D eigenvalue weighted by Gasteiger charge is -2.41. The van der Waals surface area contributed by atoms with Gasteiger partial charge in [0.2, 0.25) is 0 Å². The van der Waals surface area contributed by atoms with Crippen LogP contribution in [0.4, 0.5) is 0 Å².